The third-order valence-corrected chi connectivity index (χ3v) is 2.39. The highest BCUT2D eigenvalue weighted by Crippen LogP contribution is 2.18. The minimum absolute atomic E-state index is 0.218. The molecule has 0 spiro atoms. The first-order valence-corrected chi connectivity index (χ1v) is 5.17. The summed E-state index contributed by atoms with van der Waals surface area (Å²) in [5.41, 5.74) is 0.794. The van der Waals surface area contributed by atoms with Crippen molar-refractivity contribution in [2.24, 2.45) is 0 Å². The molecule has 1 N–H and O–H groups in total. The van der Waals surface area contributed by atoms with Gasteiger partial charge in [0, 0.05) is 31.5 Å². The highest BCUT2D eigenvalue weighted by Gasteiger charge is 2.19. The molecule has 80 valence electrons. The van der Waals surface area contributed by atoms with Crippen molar-refractivity contribution in [3.05, 3.63) is 41.1 Å². The van der Waals surface area contributed by atoms with Gasteiger partial charge >= 0.3 is 5.69 Å². The van der Waals surface area contributed by atoms with Crippen LogP contribution in [0.4, 0.5) is 0 Å². The summed E-state index contributed by atoms with van der Waals surface area (Å²) in [5.74, 6) is 0. The van der Waals surface area contributed by atoms with E-state index >= 15 is 0 Å². The molecule has 1 aromatic heterocycles. The molecular weight excluding hydrogens is 190 g/mol. The zero-order valence-corrected chi connectivity index (χ0v) is 8.65. The molecule has 1 heterocycles. The van der Waals surface area contributed by atoms with Crippen LogP contribution in [0.5, 0.6) is 0 Å². The van der Waals surface area contributed by atoms with Crippen LogP contribution in [-0.2, 0) is 6.54 Å². The minimum Gasteiger partial charge on any atom is -0.310 e. The summed E-state index contributed by atoms with van der Waals surface area (Å²) >= 11 is 0. The van der Waals surface area contributed by atoms with E-state index in [9.17, 15) is 4.79 Å². The zero-order chi connectivity index (χ0) is 10.7. The van der Waals surface area contributed by atoms with Crippen LogP contribution in [0.25, 0.3) is 0 Å². The van der Waals surface area contributed by atoms with Gasteiger partial charge in [-0.1, -0.05) is 6.58 Å². The summed E-state index contributed by atoms with van der Waals surface area (Å²) in [4.78, 5) is 15.0. The molecule has 1 fully saturated rings. The Kier molecular flexibility index (Phi) is 2.97. The first-order chi connectivity index (χ1) is 7.25. The molecule has 2 rings (SSSR count). The molecule has 1 aliphatic rings. The van der Waals surface area contributed by atoms with Crippen molar-refractivity contribution < 1.29 is 0 Å². The predicted octanol–water partition coefficient (Wildman–Crippen LogP) is 0.552. The van der Waals surface area contributed by atoms with Gasteiger partial charge in [0.15, 0.2) is 0 Å². The fraction of sp³-hybridized carbons (Fsp3) is 0.455. The van der Waals surface area contributed by atoms with Crippen molar-refractivity contribution in [3.63, 3.8) is 0 Å². The minimum atomic E-state index is -0.218. The smallest absolute Gasteiger partial charge is 0.310 e. The van der Waals surface area contributed by atoms with Gasteiger partial charge in [-0.05, 0) is 24.5 Å². The Bertz CT molecular complexity index is 406. The SMILES string of the molecule is C=C(CNC1CC1)Cn1cccnc1=O. The Hall–Kier alpha value is -1.42. The molecule has 0 saturated heterocycles. The molecule has 0 aromatic carbocycles. The Balaban J connectivity index is 1.87. The van der Waals surface area contributed by atoms with Crippen molar-refractivity contribution >= 4 is 0 Å². The van der Waals surface area contributed by atoms with Gasteiger partial charge in [-0.25, -0.2) is 9.78 Å². The second kappa shape index (κ2) is 4.40. The molecule has 0 unspecified atom stereocenters. The molecule has 15 heavy (non-hydrogen) atoms. The lowest BCUT2D eigenvalue weighted by Gasteiger charge is -2.08. The molecule has 1 aromatic rings. The van der Waals surface area contributed by atoms with Gasteiger partial charge in [-0.2, -0.15) is 0 Å². The summed E-state index contributed by atoms with van der Waals surface area (Å²) in [6.45, 7) is 5.27. The Morgan fingerprint density at radius 1 is 1.67 bits per heavy atom. The van der Waals surface area contributed by atoms with Crippen molar-refractivity contribution in [2.75, 3.05) is 6.54 Å². The van der Waals surface area contributed by atoms with Crippen molar-refractivity contribution in [1.29, 1.82) is 0 Å². The molecule has 4 nitrogen and oxygen atoms in total. The number of nitrogens with zero attached hydrogens (tertiary/aromatic N) is 2. The van der Waals surface area contributed by atoms with Crippen LogP contribution in [0.3, 0.4) is 0 Å². The molecule has 0 bridgehead atoms. The number of hydrogen-bond acceptors (Lipinski definition) is 3. The third kappa shape index (κ3) is 3.02. The molecule has 1 saturated carbocycles. The maximum absolute atomic E-state index is 11.3. The van der Waals surface area contributed by atoms with E-state index in [1.54, 1.807) is 16.8 Å². The summed E-state index contributed by atoms with van der Waals surface area (Å²) in [5, 5.41) is 3.36. The normalized spacial score (nSPS) is 15.2. The fourth-order valence-corrected chi connectivity index (χ4v) is 1.38. The van der Waals surface area contributed by atoms with Crippen LogP contribution in [0.1, 0.15) is 12.8 Å². The highest BCUT2D eigenvalue weighted by atomic mass is 16.1. The highest BCUT2D eigenvalue weighted by molar-refractivity contribution is 5.00. The lowest BCUT2D eigenvalue weighted by atomic mass is 10.3. The molecular formula is C11H15N3O. The van der Waals surface area contributed by atoms with Crippen molar-refractivity contribution in [2.45, 2.75) is 25.4 Å². The topological polar surface area (TPSA) is 46.9 Å². The van der Waals surface area contributed by atoms with Crippen LogP contribution in [-0.4, -0.2) is 22.1 Å². The summed E-state index contributed by atoms with van der Waals surface area (Å²) in [6.07, 6.45) is 5.77. The second-order valence-corrected chi connectivity index (χ2v) is 3.94. The van der Waals surface area contributed by atoms with Crippen LogP contribution in [0.15, 0.2) is 35.4 Å². The molecule has 0 radical (unpaired) electrons. The number of hydrogen-bond donors (Lipinski definition) is 1. The van der Waals surface area contributed by atoms with Crippen LogP contribution in [0.2, 0.25) is 0 Å². The predicted molar refractivity (Wildman–Crippen MR) is 58.7 cm³/mol. The van der Waals surface area contributed by atoms with Gasteiger partial charge in [0.25, 0.3) is 0 Å². The lowest BCUT2D eigenvalue weighted by molar-refractivity contribution is 0.658. The van der Waals surface area contributed by atoms with E-state index in [4.69, 9.17) is 0 Å². The first kappa shape index (κ1) is 10.1. The molecule has 1 aliphatic carbocycles. The Morgan fingerprint density at radius 2 is 2.47 bits per heavy atom. The quantitative estimate of drug-likeness (QED) is 0.714. The molecule has 0 atom stereocenters. The number of rotatable bonds is 5. The molecule has 0 amide bonds. The van der Waals surface area contributed by atoms with Gasteiger partial charge in [0.1, 0.15) is 0 Å². The average molecular weight is 205 g/mol. The summed E-state index contributed by atoms with van der Waals surface area (Å²) in [6, 6.07) is 2.43. The van der Waals surface area contributed by atoms with E-state index in [1.165, 1.54) is 19.0 Å². The lowest BCUT2D eigenvalue weighted by Crippen LogP contribution is -2.26. The van der Waals surface area contributed by atoms with E-state index in [-0.39, 0.29) is 5.69 Å². The third-order valence-electron chi connectivity index (χ3n) is 2.39. The van der Waals surface area contributed by atoms with Crippen molar-refractivity contribution in [1.82, 2.24) is 14.9 Å². The maximum atomic E-state index is 11.3. The van der Waals surface area contributed by atoms with Crippen molar-refractivity contribution in [3.8, 4) is 0 Å². The maximum Gasteiger partial charge on any atom is 0.347 e. The first-order valence-electron chi connectivity index (χ1n) is 5.17. The van der Waals surface area contributed by atoms with Gasteiger partial charge < -0.3 is 5.32 Å². The van der Waals surface area contributed by atoms with Gasteiger partial charge in [0.2, 0.25) is 0 Å². The van der Waals surface area contributed by atoms with Crippen LogP contribution >= 0.6 is 0 Å². The van der Waals surface area contributed by atoms with E-state index in [1.807, 2.05) is 0 Å². The number of aromatic nitrogens is 2. The number of nitrogens with one attached hydrogen (secondary N) is 1. The zero-order valence-electron chi connectivity index (χ0n) is 8.65. The Labute approximate surface area is 88.7 Å². The average Bonchev–Trinajstić information content (AvgIpc) is 3.02. The van der Waals surface area contributed by atoms with E-state index in [0.29, 0.717) is 12.6 Å². The van der Waals surface area contributed by atoms with Gasteiger partial charge in [-0.3, -0.25) is 4.57 Å². The van der Waals surface area contributed by atoms with Gasteiger partial charge in [0.05, 0.1) is 0 Å². The molecule has 0 aliphatic heterocycles. The fourth-order valence-electron chi connectivity index (χ4n) is 1.38. The van der Waals surface area contributed by atoms with E-state index < -0.39 is 0 Å². The Morgan fingerprint density at radius 3 is 3.13 bits per heavy atom. The van der Waals surface area contributed by atoms with Crippen LogP contribution < -0.4 is 11.0 Å². The van der Waals surface area contributed by atoms with Crippen LogP contribution in [0, 0.1) is 0 Å². The summed E-state index contributed by atoms with van der Waals surface area (Å²) in [7, 11) is 0. The monoisotopic (exact) mass is 205 g/mol. The second-order valence-electron chi connectivity index (χ2n) is 3.94. The largest absolute Gasteiger partial charge is 0.347 e. The molecule has 4 heteroatoms. The summed E-state index contributed by atoms with van der Waals surface area (Å²) < 4.78 is 1.57. The standard InChI is InChI=1S/C11H15N3O/c1-9(7-13-10-3-4-10)8-14-6-2-5-12-11(14)15/h2,5-6,10,13H,1,3-4,7-8H2. The van der Waals surface area contributed by atoms with E-state index in [2.05, 4.69) is 16.9 Å². The van der Waals surface area contributed by atoms with Gasteiger partial charge in [-0.15, -0.1) is 0 Å². The van der Waals surface area contributed by atoms with E-state index in [0.717, 1.165) is 12.1 Å².